The summed E-state index contributed by atoms with van der Waals surface area (Å²) in [5, 5.41) is 9.25. The lowest BCUT2D eigenvalue weighted by Gasteiger charge is -2.30. The van der Waals surface area contributed by atoms with Gasteiger partial charge in [-0.15, -0.1) is 24.1 Å². The zero-order chi connectivity index (χ0) is 24.6. The predicted octanol–water partition coefficient (Wildman–Crippen LogP) is 2.67. The van der Waals surface area contributed by atoms with Crippen molar-refractivity contribution in [2.45, 2.75) is 33.1 Å². The van der Waals surface area contributed by atoms with Gasteiger partial charge in [0.05, 0.1) is 35.8 Å². The number of rotatable bonds is 5. The Bertz CT molecular complexity index is 890. The number of anilines is 2. The summed E-state index contributed by atoms with van der Waals surface area (Å²) in [5.41, 5.74) is 6.39. The first kappa shape index (κ1) is 27.6. The van der Waals surface area contributed by atoms with E-state index in [4.69, 9.17) is 4.74 Å². The number of aliphatic imine (C=N–C) groups is 1. The van der Waals surface area contributed by atoms with Crippen LogP contribution >= 0.6 is 11.8 Å². The van der Waals surface area contributed by atoms with Crippen molar-refractivity contribution in [3.63, 3.8) is 0 Å². The summed E-state index contributed by atoms with van der Waals surface area (Å²) in [6.07, 6.45) is 13.4. The van der Waals surface area contributed by atoms with E-state index in [0.29, 0.717) is 6.41 Å². The van der Waals surface area contributed by atoms with E-state index >= 15 is 0 Å². The number of hydrogen-bond donors (Lipinski definition) is 3. The predicted molar refractivity (Wildman–Crippen MR) is 144 cm³/mol. The highest BCUT2D eigenvalue weighted by molar-refractivity contribution is 8.12. The molecule has 1 amide bonds. The second-order valence-electron chi connectivity index (χ2n) is 7.70. The van der Waals surface area contributed by atoms with Crippen LogP contribution in [0.25, 0.3) is 0 Å². The van der Waals surface area contributed by atoms with E-state index in [-0.39, 0.29) is 12.3 Å². The molecule has 2 saturated heterocycles. The molecule has 2 unspecified atom stereocenters. The number of nitrogens with one attached hydrogen (secondary N) is 3. The fourth-order valence-corrected chi connectivity index (χ4v) is 4.28. The smallest absolute Gasteiger partial charge is 0.211 e. The van der Waals surface area contributed by atoms with Gasteiger partial charge >= 0.3 is 0 Å². The molecule has 0 spiro atoms. The second kappa shape index (κ2) is 16.1. The summed E-state index contributed by atoms with van der Waals surface area (Å²) < 4.78 is 5.79. The molecule has 3 aliphatic heterocycles. The Hall–Kier alpha value is -2.64. The highest BCUT2D eigenvalue weighted by Crippen LogP contribution is 2.24. The number of thioether (sulfide) groups is 1. The van der Waals surface area contributed by atoms with Crippen LogP contribution in [-0.4, -0.2) is 74.3 Å². The summed E-state index contributed by atoms with van der Waals surface area (Å²) in [6.45, 7) is 11.4. The van der Waals surface area contributed by atoms with Gasteiger partial charge in [0.1, 0.15) is 6.23 Å². The molecule has 8 nitrogen and oxygen atoms in total. The molecule has 4 heterocycles. The zero-order valence-electron chi connectivity index (χ0n) is 20.3. The van der Waals surface area contributed by atoms with E-state index in [1.807, 2.05) is 18.5 Å². The minimum atomic E-state index is 0.164. The standard InChI is InChI=1S/C12H18N2OS.C10H14N4O.C3H4/c1-3-11(12-6-14-9(2)15-12)4-10-5-13-8-16-7-10;15-8-13-9-7-12-2-1-10(9)14-5-3-11-4-6-14;1-3-2/h3-4,8-9,12,14H,5-7H2,1-2H3;1-2,7-8,11H,3-6H2,(H,13,15);1H,2H3/b10-4-,11-3+;;. The minimum absolute atomic E-state index is 0.164. The molecular formula is C25H36N6O2S. The van der Waals surface area contributed by atoms with Gasteiger partial charge in [-0.3, -0.25) is 20.1 Å². The van der Waals surface area contributed by atoms with E-state index in [9.17, 15) is 4.79 Å². The zero-order valence-corrected chi connectivity index (χ0v) is 21.1. The molecule has 0 radical (unpaired) electrons. The third-order valence-corrected chi connectivity index (χ3v) is 6.05. The second-order valence-corrected chi connectivity index (χ2v) is 8.54. The third kappa shape index (κ3) is 9.31. The van der Waals surface area contributed by atoms with Crippen molar-refractivity contribution in [1.82, 2.24) is 15.6 Å². The fourth-order valence-electron chi connectivity index (χ4n) is 3.64. The van der Waals surface area contributed by atoms with Crippen molar-refractivity contribution in [1.29, 1.82) is 0 Å². The molecule has 34 heavy (non-hydrogen) atoms. The van der Waals surface area contributed by atoms with Crippen molar-refractivity contribution in [2.75, 3.05) is 55.2 Å². The molecule has 3 N–H and O–H groups in total. The Kier molecular flexibility index (Phi) is 13.0. The van der Waals surface area contributed by atoms with Gasteiger partial charge in [-0.2, -0.15) is 0 Å². The van der Waals surface area contributed by atoms with Crippen LogP contribution in [-0.2, 0) is 9.53 Å². The number of ether oxygens (including phenoxy) is 1. The highest BCUT2D eigenvalue weighted by Gasteiger charge is 2.23. The summed E-state index contributed by atoms with van der Waals surface area (Å²) in [4.78, 5) is 20.9. The van der Waals surface area contributed by atoms with Crippen molar-refractivity contribution in [3.8, 4) is 12.3 Å². The Morgan fingerprint density at radius 3 is 2.76 bits per heavy atom. The number of carbonyl (C=O) groups excluding carboxylic acids is 1. The van der Waals surface area contributed by atoms with Crippen molar-refractivity contribution in [2.24, 2.45) is 4.99 Å². The Morgan fingerprint density at radius 1 is 1.41 bits per heavy atom. The normalized spacial score (nSPS) is 23.2. The van der Waals surface area contributed by atoms with Gasteiger partial charge in [-0.25, -0.2) is 0 Å². The van der Waals surface area contributed by atoms with E-state index in [0.717, 1.165) is 56.4 Å². The number of amides is 1. The lowest BCUT2D eigenvalue weighted by Crippen LogP contribution is -2.43. The van der Waals surface area contributed by atoms with Crippen LogP contribution < -0.4 is 20.9 Å². The molecule has 0 bridgehead atoms. The van der Waals surface area contributed by atoms with Crippen LogP contribution in [0, 0.1) is 12.3 Å². The van der Waals surface area contributed by atoms with Crippen LogP contribution in [0.5, 0.6) is 0 Å². The fraction of sp³-hybridized carbons (Fsp3) is 0.480. The lowest BCUT2D eigenvalue weighted by atomic mass is 10.1. The maximum absolute atomic E-state index is 10.4. The molecule has 4 rings (SSSR count). The van der Waals surface area contributed by atoms with Gasteiger partial charge in [0.15, 0.2) is 0 Å². The lowest BCUT2D eigenvalue weighted by molar-refractivity contribution is -0.105. The summed E-state index contributed by atoms with van der Waals surface area (Å²) in [5.74, 6) is 3.30. The van der Waals surface area contributed by atoms with Crippen LogP contribution in [0.15, 0.2) is 46.8 Å². The van der Waals surface area contributed by atoms with Gasteiger partial charge in [-0.05, 0) is 38.0 Å². The topological polar surface area (TPSA) is 90.9 Å². The van der Waals surface area contributed by atoms with Gasteiger partial charge in [0.25, 0.3) is 0 Å². The van der Waals surface area contributed by atoms with Crippen LogP contribution in [0.4, 0.5) is 11.4 Å². The number of terminal acetylenes is 1. The maximum Gasteiger partial charge on any atom is 0.211 e. The van der Waals surface area contributed by atoms with Gasteiger partial charge in [0.2, 0.25) is 6.41 Å². The molecule has 184 valence electrons. The van der Waals surface area contributed by atoms with Crippen LogP contribution in [0.2, 0.25) is 0 Å². The number of piperazine rings is 1. The number of pyridine rings is 1. The molecular weight excluding hydrogens is 448 g/mol. The Balaban J connectivity index is 0.000000216. The molecule has 1 aromatic heterocycles. The third-order valence-electron chi connectivity index (χ3n) is 5.22. The molecule has 3 aliphatic rings. The number of nitrogens with zero attached hydrogens (tertiary/aromatic N) is 3. The molecule has 2 atom stereocenters. The maximum atomic E-state index is 10.4. The first-order chi connectivity index (χ1) is 16.6. The largest absolute Gasteiger partial charge is 0.367 e. The Morgan fingerprint density at radius 2 is 2.18 bits per heavy atom. The van der Waals surface area contributed by atoms with Gasteiger partial charge in [0, 0.05) is 44.7 Å². The van der Waals surface area contributed by atoms with E-state index in [2.05, 4.69) is 62.2 Å². The SMILES string of the molecule is C#CC.C/C=C(\C=C1\CN=CSC1)C1CNC(C)O1.O=CNc1cnccc1N1CCNCC1. The number of hydrogen-bond acceptors (Lipinski definition) is 8. The molecule has 2 fully saturated rings. The minimum Gasteiger partial charge on any atom is -0.367 e. The first-order valence-electron chi connectivity index (χ1n) is 11.4. The molecule has 1 aromatic rings. The van der Waals surface area contributed by atoms with E-state index in [1.165, 1.54) is 11.1 Å². The monoisotopic (exact) mass is 484 g/mol. The quantitative estimate of drug-likeness (QED) is 0.437. The van der Waals surface area contributed by atoms with Crippen LogP contribution in [0.1, 0.15) is 20.8 Å². The Labute approximate surface area is 207 Å². The highest BCUT2D eigenvalue weighted by atomic mass is 32.2. The summed E-state index contributed by atoms with van der Waals surface area (Å²) in [6, 6.07) is 1.93. The van der Waals surface area contributed by atoms with Gasteiger partial charge < -0.3 is 20.3 Å². The van der Waals surface area contributed by atoms with Gasteiger partial charge in [-0.1, -0.05) is 12.2 Å². The molecule has 0 aliphatic carbocycles. The average Bonchev–Trinajstić information content (AvgIpc) is 3.31. The van der Waals surface area contributed by atoms with E-state index < -0.39 is 0 Å². The van der Waals surface area contributed by atoms with Crippen LogP contribution in [0.3, 0.4) is 0 Å². The first-order valence-corrected chi connectivity index (χ1v) is 12.5. The van der Waals surface area contributed by atoms with Crippen molar-refractivity contribution < 1.29 is 9.53 Å². The number of carbonyl (C=O) groups is 1. The molecule has 9 heteroatoms. The van der Waals surface area contributed by atoms with Crippen molar-refractivity contribution >= 4 is 35.1 Å². The summed E-state index contributed by atoms with van der Waals surface area (Å²) >= 11 is 1.75. The molecule has 0 aromatic carbocycles. The van der Waals surface area contributed by atoms with Crippen molar-refractivity contribution in [3.05, 3.63) is 41.8 Å². The average molecular weight is 485 g/mol. The van der Waals surface area contributed by atoms with E-state index in [1.54, 1.807) is 31.1 Å². The number of allylic oxidation sites excluding steroid dienone is 1. The molecule has 0 saturated carbocycles. The number of aromatic nitrogens is 1. The summed E-state index contributed by atoms with van der Waals surface area (Å²) in [7, 11) is 0.